The number of hydrogen-bond donors (Lipinski definition) is 1. The second-order valence-electron chi connectivity index (χ2n) is 4.43. The van der Waals surface area contributed by atoms with Crippen LogP contribution >= 0.6 is 11.3 Å². The molecule has 0 aliphatic carbocycles. The van der Waals surface area contributed by atoms with Crippen LogP contribution in [0, 0.1) is 0 Å². The number of aliphatic imine (C=N–C) groups is 1. The molecule has 1 amide bonds. The van der Waals surface area contributed by atoms with Crippen molar-refractivity contribution in [1.29, 1.82) is 0 Å². The Morgan fingerprint density at radius 3 is 2.76 bits per heavy atom. The van der Waals surface area contributed by atoms with Gasteiger partial charge in [-0.05, 0) is 47.7 Å². The zero-order valence-electron chi connectivity index (χ0n) is 12.1. The maximum atomic E-state index is 12.0. The summed E-state index contributed by atoms with van der Waals surface area (Å²) in [4.78, 5) is 16.4. The Hall–Kier alpha value is -2.14. The molecule has 4 nitrogen and oxygen atoms in total. The highest BCUT2D eigenvalue weighted by atomic mass is 32.1. The fourth-order valence-corrected chi connectivity index (χ4v) is 2.47. The van der Waals surface area contributed by atoms with E-state index in [2.05, 4.69) is 10.3 Å². The summed E-state index contributed by atoms with van der Waals surface area (Å²) in [6, 6.07) is 9.41. The van der Waals surface area contributed by atoms with Crippen LogP contribution in [-0.4, -0.2) is 25.8 Å². The molecule has 0 fully saturated rings. The molecular weight excluding hydrogens is 284 g/mol. The summed E-state index contributed by atoms with van der Waals surface area (Å²) in [5.74, 6) is 0.739. The van der Waals surface area contributed by atoms with Crippen molar-refractivity contribution >= 4 is 28.5 Å². The fraction of sp³-hybridized carbons (Fsp3) is 0.250. The molecule has 0 unspecified atom stereocenters. The van der Waals surface area contributed by atoms with Gasteiger partial charge in [0, 0.05) is 12.8 Å². The minimum Gasteiger partial charge on any atom is -0.497 e. The van der Waals surface area contributed by atoms with E-state index in [1.807, 2.05) is 36.6 Å². The standard InChI is InChI=1S/C16H18N2O2S/c1-3-9-17-15(19)14-8-10-21-16(14)18-11-12-4-6-13(20-2)7-5-12/h4-8,10-11H,3,9H2,1-2H3,(H,17,19)/b18-11+. The summed E-state index contributed by atoms with van der Waals surface area (Å²) in [5.41, 5.74) is 1.59. The van der Waals surface area contributed by atoms with Crippen molar-refractivity contribution in [1.82, 2.24) is 5.32 Å². The predicted octanol–water partition coefficient (Wildman–Crippen LogP) is 3.65. The van der Waals surface area contributed by atoms with Crippen molar-refractivity contribution < 1.29 is 9.53 Å². The number of methoxy groups -OCH3 is 1. The Morgan fingerprint density at radius 1 is 1.33 bits per heavy atom. The molecule has 0 aliphatic rings. The lowest BCUT2D eigenvalue weighted by Gasteiger charge is -2.02. The summed E-state index contributed by atoms with van der Waals surface area (Å²) in [5, 5.41) is 5.46. The Morgan fingerprint density at radius 2 is 2.10 bits per heavy atom. The van der Waals surface area contributed by atoms with Crippen LogP contribution in [0.15, 0.2) is 40.7 Å². The molecule has 0 saturated carbocycles. The number of ether oxygens (including phenoxy) is 1. The third kappa shape index (κ3) is 4.16. The minimum atomic E-state index is -0.0695. The van der Waals surface area contributed by atoms with Crippen molar-refractivity contribution in [3.8, 4) is 5.75 Å². The lowest BCUT2D eigenvalue weighted by atomic mass is 10.2. The third-order valence-corrected chi connectivity index (χ3v) is 3.69. The number of amides is 1. The van der Waals surface area contributed by atoms with Gasteiger partial charge in [0.25, 0.3) is 5.91 Å². The average molecular weight is 302 g/mol. The highest BCUT2D eigenvalue weighted by Gasteiger charge is 2.11. The molecule has 0 aliphatic heterocycles. The first kappa shape index (κ1) is 15.3. The van der Waals surface area contributed by atoms with E-state index >= 15 is 0 Å². The largest absolute Gasteiger partial charge is 0.497 e. The van der Waals surface area contributed by atoms with E-state index < -0.39 is 0 Å². The molecule has 110 valence electrons. The molecule has 0 bridgehead atoms. The highest BCUT2D eigenvalue weighted by molar-refractivity contribution is 7.14. The maximum absolute atomic E-state index is 12.0. The third-order valence-electron chi connectivity index (χ3n) is 2.87. The normalized spacial score (nSPS) is 10.8. The van der Waals surface area contributed by atoms with Gasteiger partial charge in [-0.3, -0.25) is 4.79 Å². The maximum Gasteiger partial charge on any atom is 0.254 e. The van der Waals surface area contributed by atoms with Crippen LogP contribution < -0.4 is 10.1 Å². The van der Waals surface area contributed by atoms with Gasteiger partial charge in [0.15, 0.2) is 0 Å². The quantitative estimate of drug-likeness (QED) is 0.828. The smallest absolute Gasteiger partial charge is 0.254 e. The van der Waals surface area contributed by atoms with Crippen molar-refractivity contribution in [2.24, 2.45) is 4.99 Å². The Labute approximate surface area is 128 Å². The van der Waals surface area contributed by atoms with Crippen LogP contribution in [-0.2, 0) is 0 Å². The Balaban J connectivity index is 2.10. The molecule has 1 aromatic heterocycles. The first-order chi connectivity index (χ1) is 10.2. The van der Waals surface area contributed by atoms with E-state index in [0.717, 1.165) is 22.7 Å². The van der Waals surface area contributed by atoms with Crippen molar-refractivity contribution in [2.75, 3.05) is 13.7 Å². The first-order valence-corrected chi connectivity index (χ1v) is 7.66. The number of hydrogen-bond acceptors (Lipinski definition) is 4. The molecule has 2 rings (SSSR count). The first-order valence-electron chi connectivity index (χ1n) is 6.78. The summed E-state index contributed by atoms with van der Waals surface area (Å²) in [6.07, 6.45) is 2.67. The molecule has 5 heteroatoms. The minimum absolute atomic E-state index is 0.0695. The van der Waals surface area contributed by atoms with E-state index in [4.69, 9.17) is 4.74 Å². The van der Waals surface area contributed by atoms with Gasteiger partial charge in [0.2, 0.25) is 0 Å². The molecule has 1 heterocycles. The van der Waals surface area contributed by atoms with Crippen LogP contribution in [0.25, 0.3) is 0 Å². The van der Waals surface area contributed by atoms with Crippen molar-refractivity contribution in [3.63, 3.8) is 0 Å². The molecule has 0 atom stereocenters. The molecular formula is C16H18N2O2S. The zero-order valence-corrected chi connectivity index (χ0v) is 12.9. The van der Waals surface area contributed by atoms with Crippen molar-refractivity contribution in [2.45, 2.75) is 13.3 Å². The Kier molecular flexibility index (Phi) is 5.51. The number of rotatable bonds is 6. The monoisotopic (exact) mass is 302 g/mol. The molecule has 0 spiro atoms. The highest BCUT2D eigenvalue weighted by Crippen LogP contribution is 2.26. The summed E-state index contributed by atoms with van der Waals surface area (Å²) in [6.45, 7) is 2.70. The lowest BCUT2D eigenvalue weighted by molar-refractivity contribution is 0.0955. The van der Waals surface area contributed by atoms with Crippen molar-refractivity contribution in [3.05, 3.63) is 46.8 Å². The summed E-state index contributed by atoms with van der Waals surface area (Å²) >= 11 is 1.45. The van der Waals surface area contributed by atoms with Gasteiger partial charge in [-0.25, -0.2) is 4.99 Å². The molecule has 21 heavy (non-hydrogen) atoms. The van der Waals surface area contributed by atoms with Gasteiger partial charge >= 0.3 is 0 Å². The molecule has 1 N–H and O–H groups in total. The SMILES string of the molecule is CCCNC(=O)c1ccsc1/N=C/c1ccc(OC)cc1. The van der Waals surface area contributed by atoms with E-state index in [-0.39, 0.29) is 5.91 Å². The van der Waals surface area contributed by atoms with Gasteiger partial charge in [-0.2, -0.15) is 0 Å². The number of thiophene rings is 1. The van der Waals surface area contributed by atoms with Gasteiger partial charge in [-0.1, -0.05) is 6.92 Å². The van der Waals surface area contributed by atoms with Gasteiger partial charge < -0.3 is 10.1 Å². The average Bonchev–Trinajstić information content (AvgIpc) is 2.99. The van der Waals surface area contributed by atoms with E-state index in [1.165, 1.54) is 11.3 Å². The predicted molar refractivity (Wildman–Crippen MR) is 87.2 cm³/mol. The topological polar surface area (TPSA) is 50.7 Å². The van der Waals surface area contributed by atoms with Crippen LogP contribution in [0.3, 0.4) is 0 Å². The number of carbonyl (C=O) groups excluding carboxylic acids is 1. The Bertz CT molecular complexity index is 617. The van der Waals surface area contributed by atoms with Gasteiger partial charge in [0.1, 0.15) is 10.8 Å². The number of carbonyl (C=O) groups is 1. The zero-order chi connectivity index (χ0) is 15.1. The fourth-order valence-electron chi connectivity index (χ4n) is 1.73. The second-order valence-corrected chi connectivity index (χ2v) is 5.32. The van der Waals surface area contributed by atoms with Crippen LogP contribution in [0.2, 0.25) is 0 Å². The van der Waals surface area contributed by atoms with Gasteiger partial charge in [-0.15, -0.1) is 11.3 Å². The second kappa shape index (κ2) is 7.59. The number of nitrogens with one attached hydrogen (secondary N) is 1. The lowest BCUT2D eigenvalue weighted by Crippen LogP contribution is -2.23. The van der Waals surface area contributed by atoms with Crippen LogP contribution in [0.5, 0.6) is 5.75 Å². The summed E-state index contributed by atoms with van der Waals surface area (Å²) < 4.78 is 5.11. The van der Waals surface area contributed by atoms with E-state index in [1.54, 1.807) is 19.4 Å². The van der Waals surface area contributed by atoms with E-state index in [9.17, 15) is 4.79 Å². The molecule has 2 aromatic rings. The van der Waals surface area contributed by atoms with Crippen LogP contribution in [0.4, 0.5) is 5.00 Å². The number of benzene rings is 1. The van der Waals surface area contributed by atoms with Gasteiger partial charge in [0.05, 0.1) is 12.7 Å². The molecule has 0 saturated heterocycles. The number of nitrogens with zero attached hydrogens (tertiary/aromatic N) is 1. The summed E-state index contributed by atoms with van der Waals surface area (Å²) in [7, 11) is 1.63. The van der Waals surface area contributed by atoms with Crippen LogP contribution in [0.1, 0.15) is 29.3 Å². The molecule has 0 radical (unpaired) electrons. The van der Waals surface area contributed by atoms with E-state index in [0.29, 0.717) is 12.1 Å². The molecule has 1 aromatic carbocycles.